The van der Waals surface area contributed by atoms with Crippen LogP contribution in [0.25, 0.3) is 11.2 Å². The summed E-state index contributed by atoms with van der Waals surface area (Å²) in [4.78, 5) is 12.7. The second-order valence-corrected chi connectivity index (χ2v) is 6.39. The maximum Gasteiger partial charge on any atom is 0.178 e. The lowest BCUT2D eigenvalue weighted by Crippen LogP contribution is -2.45. The molecule has 26 heavy (non-hydrogen) atoms. The zero-order chi connectivity index (χ0) is 18.3. The molecule has 11 nitrogen and oxygen atoms in total. The number of anilines is 1. The van der Waals surface area contributed by atoms with Crippen LogP contribution >= 0.6 is 0 Å². The molecule has 4 rings (SSSR count). The largest absolute Gasteiger partial charge is 0.479 e. The summed E-state index contributed by atoms with van der Waals surface area (Å²) in [6, 6.07) is 0. The van der Waals surface area contributed by atoms with Gasteiger partial charge in [0, 0.05) is 6.42 Å². The number of imidazole rings is 1. The van der Waals surface area contributed by atoms with Gasteiger partial charge in [0.1, 0.15) is 24.6 Å². The molecule has 0 spiro atoms. The number of nitrogens with two attached hydrogens (primary N) is 1. The first-order chi connectivity index (χ1) is 12.5. The van der Waals surface area contributed by atoms with Crippen molar-refractivity contribution in [3.05, 3.63) is 25.0 Å². The molecule has 2 aliphatic heterocycles. The third kappa shape index (κ3) is 2.79. The van der Waals surface area contributed by atoms with Gasteiger partial charge in [-0.3, -0.25) is 10.3 Å². The number of aromatic nitrogens is 4. The van der Waals surface area contributed by atoms with E-state index in [2.05, 4.69) is 20.3 Å². The van der Waals surface area contributed by atoms with Crippen molar-refractivity contribution in [2.75, 3.05) is 18.5 Å². The number of nitrogens with zero attached hydrogens (tertiary/aromatic N) is 4. The average Bonchev–Trinajstić information content (AvgIpc) is 3.33. The molecule has 0 radical (unpaired) electrons. The van der Waals surface area contributed by atoms with E-state index in [1.165, 1.54) is 17.2 Å². The predicted octanol–water partition coefficient (Wildman–Crippen LogP) is -1.56. The van der Waals surface area contributed by atoms with Gasteiger partial charge in [-0.05, 0) is 6.08 Å². The van der Waals surface area contributed by atoms with Crippen molar-refractivity contribution < 1.29 is 24.8 Å². The van der Waals surface area contributed by atoms with Gasteiger partial charge in [0.25, 0.3) is 0 Å². The third-order valence-corrected chi connectivity index (χ3v) is 4.57. The number of nitrogens with one attached hydrogen (secondary N) is 1. The minimum absolute atomic E-state index is 0.312. The van der Waals surface area contributed by atoms with Gasteiger partial charge >= 0.3 is 0 Å². The van der Waals surface area contributed by atoms with E-state index in [9.17, 15) is 15.3 Å². The monoisotopic (exact) mass is 364 g/mol. The molecule has 6 N–H and O–H groups in total. The second-order valence-electron chi connectivity index (χ2n) is 6.39. The molecule has 0 saturated carbocycles. The van der Waals surface area contributed by atoms with Gasteiger partial charge in [0.05, 0.1) is 25.7 Å². The Morgan fingerprint density at radius 2 is 2.15 bits per heavy atom. The third-order valence-electron chi connectivity index (χ3n) is 4.57. The van der Waals surface area contributed by atoms with Crippen LogP contribution in [0.3, 0.4) is 0 Å². The van der Waals surface area contributed by atoms with Crippen LogP contribution in [0.1, 0.15) is 12.6 Å². The highest BCUT2D eigenvalue weighted by Gasteiger charge is 2.44. The number of ether oxygens (including phenoxy) is 2. The number of aliphatic hydroxyl groups is 3. The maximum atomic E-state index is 10.2. The summed E-state index contributed by atoms with van der Waals surface area (Å²) in [7, 11) is 0. The minimum atomic E-state index is -1.22. The molecule has 11 heteroatoms. The van der Waals surface area contributed by atoms with Crippen molar-refractivity contribution >= 4 is 17.0 Å². The van der Waals surface area contributed by atoms with E-state index < -0.39 is 36.9 Å². The van der Waals surface area contributed by atoms with Crippen LogP contribution in [0.4, 0.5) is 5.82 Å². The smallest absolute Gasteiger partial charge is 0.178 e. The Labute approximate surface area is 148 Å². The highest BCUT2D eigenvalue weighted by molar-refractivity contribution is 5.82. The van der Waals surface area contributed by atoms with Crippen molar-refractivity contribution in [2.24, 2.45) is 5.73 Å². The zero-order valence-corrected chi connectivity index (χ0v) is 13.8. The Kier molecular flexibility index (Phi) is 4.25. The molecule has 0 aliphatic carbocycles. The number of hydrogen-bond donors (Lipinski definition) is 5. The maximum absolute atomic E-state index is 10.2. The first-order valence-electron chi connectivity index (χ1n) is 8.18. The minimum Gasteiger partial charge on any atom is -0.479 e. The summed E-state index contributed by atoms with van der Waals surface area (Å²) >= 11 is 0. The first kappa shape index (κ1) is 17.1. The number of rotatable bonds is 5. The van der Waals surface area contributed by atoms with E-state index >= 15 is 0 Å². The summed E-state index contributed by atoms with van der Waals surface area (Å²) in [5.41, 5.74) is 6.12. The molecule has 2 aromatic rings. The fourth-order valence-electron chi connectivity index (χ4n) is 3.10. The number of hydrogen-bond acceptors (Lipinski definition) is 10. The summed E-state index contributed by atoms with van der Waals surface area (Å²) < 4.78 is 12.4. The van der Waals surface area contributed by atoms with Crippen molar-refractivity contribution in [3.63, 3.8) is 0 Å². The molecule has 0 bridgehead atoms. The molecule has 1 saturated heterocycles. The molecule has 2 aromatic heterocycles. The van der Waals surface area contributed by atoms with E-state index in [1.54, 1.807) is 6.26 Å². The average molecular weight is 364 g/mol. The van der Waals surface area contributed by atoms with Gasteiger partial charge in [0.15, 0.2) is 28.9 Å². The van der Waals surface area contributed by atoms with Crippen LogP contribution in [-0.2, 0) is 9.47 Å². The van der Waals surface area contributed by atoms with Crippen molar-refractivity contribution in [2.45, 2.75) is 36.7 Å². The molecule has 0 amide bonds. The van der Waals surface area contributed by atoms with Gasteiger partial charge in [-0.1, -0.05) is 0 Å². The Morgan fingerprint density at radius 3 is 2.85 bits per heavy atom. The molecule has 1 fully saturated rings. The fraction of sp³-hybridized carbons (Fsp3) is 0.533. The van der Waals surface area contributed by atoms with E-state index in [0.29, 0.717) is 29.9 Å². The van der Waals surface area contributed by atoms with Gasteiger partial charge < -0.3 is 30.1 Å². The Morgan fingerprint density at radius 1 is 1.31 bits per heavy atom. The highest BCUT2D eigenvalue weighted by Crippen LogP contribution is 2.32. The summed E-state index contributed by atoms with van der Waals surface area (Å²) in [5.74, 6) is 0.459. The van der Waals surface area contributed by atoms with Crippen molar-refractivity contribution in [1.82, 2.24) is 19.5 Å². The van der Waals surface area contributed by atoms with E-state index in [0.717, 1.165) is 0 Å². The lowest BCUT2D eigenvalue weighted by Gasteiger charge is -2.24. The second kappa shape index (κ2) is 6.45. The van der Waals surface area contributed by atoms with Crippen LogP contribution in [0.5, 0.6) is 0 Å². The van der Waals surface area contributed by atoms with Crippen molar-refractivity contribution in [3.8, 4) is 0 Å². The fourth-order valence-corrected chi connectivity index (χ4v) is 3.10. The SMILES string of the molecule is NC1(CNc2ncnc3c2ncn3C2O[C@H](CO)[C@@H](O)[C@@H]2O)CC=CO1. The lowest BCUT2D eigenvalue weighted by atomic mass is 10.1. The molecule has 0 aromatic carbocycles. The van der Waals surface area contributed by atoms with Gasteiger partial charge in [-0.15, -0.1) is 0 Å². The quantitative estimate of drug-likeness (QED) is 0.419. The molecule has 4 heterocycles. The summed E-state index contributed by atoms with van der Waals surface area (Å²) in [5, 5.41) is 32.5. The van der Waals surface area contributed by atoms with Crippen LogP contribution < -0.4 is 11.1 Å². The molecular formula is C15H20N6O5. The molecular weight excluding hydrogens is 344 g/mol. The first-order valence-corrected chi connectivity index (χ1v) is 8.18. The predicted molar refractivity (Wildman–Crippen MR) is 88.6 cm³/mol. The van der Waals surface area contributed by atoms with E-state index in [4.69, 9.17) is 15.2 Å². The Hall–Kier alpha value is -2.31. The number of aliphatic hydroxyl groups excluding tert-OH is 3. The van der Waals surface area contributed by atoms with Gasteiger partial charge in [-0.25, -0.2) is 15.0 Å². The van der Waals surface area contributed by atoms with Gasteiger partial charge in [0.2, 0.25) is 0 Å². The topological polar surface area (TPSA) is 161 Å². The van der Waals surface area contributed by atoms with E-state index in [1.807, 2.05) is 6.08 Å². The molecule has 2 aliphatic rings. The highest BCUT2D eigenvalue weighted by atomic mass is 16.6. The van der Waals surface area contributed by atoms with Crippen molar-refractivity contribution in [1.29, 1.82) is 0 Å². The standard InChI is InChI=1S/C15H20N6O5/c16-15(2-1-3-25-15)5-17-12-9-13(19-6-18-12)21(7-20-9)14-11(24)10(23)8(4-22)26-14/h1,3,6-8,10-11,14,22-24H,2,4-5,16H2,(H,17,18,19)/t8-,10-,11+,14?,15?/m1/s1. The number of fused-ring (bicyclic) bond motifs is 1. The molecule has 140 valence electrons. The summed E-state index contributed by atoms with van der Waals surface area (Å²) in [6.45, 7) is -0.0947. The molecule has 5 atom stereocenters. The zero-order valence-electron chi connectivity index (χ0n) is 13.8. The van der Waals surface area contributed by atoms with Crippen LogP contribution in [0, 0.1) is 0 Å². The van der Waals surface area contributed by atoms with E-state index in [-0.39, 0.29) is 0 Å². The normalized spacial score (nSPS) is 33.7. The van der Waals surface area contributed by atoms with Crippen LogP contribution in [0.15, 0.2) is 25.0 Å². The Bertz CT molecular complexity index is 818. The summed E-state index contributed by atoms with van der Waals surface area (Å²) in [6.07, 6.45) is 2.55. The molecule has 2 unspecified atom stereocenters. The van der Waals surface area contributed by atoms with Crippen LogP contribution in [-0.4, -0.2) is 72.0 Å². The van der Waals surface area contributed by atoms with Gasteiger partial charge in [-0.2, -0.15) is 0 Å². The Balaban J connectivity index is 1.59. The lowest BCUT2D eigenvalue weighted by molar-refractivity contribution is -0.0511. The van der Waals surface area contributed by atoms with Crippen LogP contribution in [0.2, 0.25) is 0 Å².